The minimum atomic E-state index is 0.262. The Balaban J connectivity index is 2.56. The van der Waals surface area contributed by atoms with Gasteiger partial charge in [0.25, 0.3) is 0 Å². The Kier molecular flexibility index (Phi) is 3.95. The Labute approximate surface area is 87.9 Å². The van der Waals surface area contributed by atoms with Crippen molar-refractivity contribution in [3.63, 3.8) is 0 Å². The molecule has 1 unspecified atom stereocenters. The number of nitrogens with zero attached hydrogens (tertiary/aromatic N) is 2. The maximum absolute atomic E-state index is 8.73. The summed E-state index contributed by atoms with van der Waals surface area (Å²) in [5.41, 5.74) is 0.262. The van der Waals surface area contributed by atoms with Crippen LogP contribution >= 0.6 is 0 Å². The molecule has 0 N–H and O–H groups in total. The molecule has 0 radical (unpaired) electrons. The molecule has 0 aliphatic carbocycles. The van der Waals surface area contributed by atoms with Crippen LogP contribution in [0.25, 0.3) is 0 Å². The average molecular weight is 194 g/mol. The summed E-state index contributed by atoms with van der Waals surface area (Å²) in [6.45, 7) is 9.10. The van der Waals surface area contributed by atoms with E-state index in [1.54, 1.807) is 0 Å². The third kappa shape index (κ3) is 3.31. The second-order valence-electron chi connectivity index (χ2n) is 5.34. The minimum Gasteiger partial charge on any atom is -0.298 e. The van der Waals surface area contributed by atoms with Crippen molar-refractivity contribution in [1.82, 2.24) is 4.90 Å². The van der Waals surface area contributed by atoms with Crippen molar-refractivity contribution < 1.29 is 0 Å². The first-order valence-electron chi connectivity index (χ1n) is 5.66. The molecule has 0 amide bonds. The maximum Gasteiger partial charge on any atom is 0.0625 e. The van der Waals surface area contributed by atoms with Gasteiger partial charge in [0.1, 0.15) is 0 Å². The van der Waals surface area contributed by atoms with Crippen LogP contribution < -0.4 is 0 Å². The molecule has 0 saturated carbocycles. The van der Waals surface area contributed by atoms with Crippen molar-refractivity contribution >= 4 is 0 Å². The van der Waals surface area contributed by atoms with E-state index >= 15 is 0 Å². The number of hydrogen-bond donors (Lipinski definition) is 0. The molecule has 0 aromatic rings. The number of hydrogen-bond acceptors (Lipinski definition) is 2. The summed E-state index contributed by atoms with van der Waals surface area (Å²) in [6.07, 6.45) is 4.55. The molecule has 1 heterocycles. The Hall–Kier alpha value is -0.550. The summed E-state index contributed by atoms with van der Waals surface area (Å²) in [5, 5.41) is 8.73. The molecule has 1 atom stereocenters. The molecule has 2 heteroatoms. The van der Waals surface area contributed by atoms with E-state index in [1.165, 1.54) is 25.8 Å². The van der Waals surface area contributed by atoms with Gasteiger partial charge in [-0.25, -0.2) is 0 Å². The molecule has 0 spiro atoms. The van der Waals surface area contributed by atoms with Crippen molar-refractivity contribution in [2.45, 2.75) is 52.0 Å². The Morgan fingerprint density at radius 3 is 2.64 bits per heavy atom. The Morgan fingerprint density at radius 1 is 1.36 bits per heavy atom. The van der Waals surface area contributed by atoms with Crippen molar-refractivity contribution in [1.29, 1.82) is 5.26 Å². The lowest BCUT2D eigenvalue weighted by Crippen LogP contribution is -2.43. The van der Waals surface area contributed by atoms with Crippen LogP contribution in [0.3, 0.4) is 0 Å². The topological polar surface area (TPSA) is 27.0 Å². The van der Waals surface area contributed by atoms with Crippen molar-refractivity contribution in [3.8, 4) is 6.07 Å². The molecule has 14 heavy (non-hydrogen) atoms. The van der Waals surface area contributed by atoms with Crippen LogP contribution in [0.15, 0.2) is 0 Å². The first-order chi connectivity index (χ1) is 6.54. The van der Waals surface area contributed by atoms with Crippen molar-refractivity contribution in [2.24, 2.45) is 5.92 Å². The molecule has 80 valence electrons. The van der Waals surface area contributed by atoms with Gasteiger partial charge in [0.15, 0.2) is 0 Å². The first-order valence-corrected chi connectivity index (χ1v) is 5.66. The smallest absolute Gasteiger partial charge is 0.0625 e. The third-order valence-electron chi connectivity index (χ3n) is 3.10. The molecule has 1 aliphatic heterocycles. The van der Waals surface area contributed by atoms with Gasteiger partial charge in [-0.05, 0) is 46.1 Å². The summed E-state index contributed by atoms with van der Waals surface area (Å²) in [6, 6.07) is 2.31. The van der Waals surface area contributed by atoms with E-state index in [0.717, 1.165) is 13.0 Å². The van der Waals surface area contributed by atoms with Crippen LogP contribution in [0.1, 0.15) is 46.5 Å². The molecular weight excluding hydrogens is 172 g/mol. The van der Waals surface area contributed by atoms with Gasteiger partial charge in [-0.15, -0.1) is 0 Å². The lowest BCUT2D eigenvalue weighted by molar-refractivity contribution is 0.124. The fourth-order valence-electron chi connectivity index (χ4n) is 2.13. The summed E-state index contributed by atoms with van der Waals surface area (Å²) in [5.74, 6) is 0.599. The zero-order chi connectivity index (χ0) is 10.6. The number of nitriles is 1. The quantitative estimate of drug-likeness (QED) is 0.642. The fraction of sp³-hybridized carbons (Fsp3) is 0.917. The Morgan fingerprint density at radius 2 is 2.07 bits per heavy atom. The molecule has 1 aliphatic rings. The molecule has 0 aromatic carbocycles. The van der Waals surface area contributed by atoms with Crippen LogP contribution in [-0.4, -0.2) is 23.5 Å². The molecule has 0 bridgehead atoms. The SMILES string of the molecule is CC(C)(C)N1CCCCC(CC#N)C1. The highest BCUT2D eigenvalue weighted by Crippen LogP contribution is 2.24. The standard InChI is InChI=1S/C12H22N2/c1-12(2,3)14-9-5-4-6-11(10-14)7-8-13/h11H,4-7,9-10H2,1-3H3. The normalized spacial score (nSPS) is 25.4. The van der Waals surface area contributed by atoms with Gasteiger partial charge in [-0.2, -0.15) is 5.26 Å². The Bertz CT molecular complexity index is 209. The van der Waals surface area contributed by atoms with E-state index in [4.69, 9.17) is 5.26 Å². The summed E-state index contributed by atoms with van der Waals surface area (Å²) >= 11 is 0. The lowest BCUT2D eigenvalue weighted by Gasteiger charge is -2.36. The van der Waals surface area contributed by atoms with Crippen LogP contribution in [-0.2, 0) is 0 Å². The van der Waals surface area contributed by atoms with E-state index in [1.807, 2.05) is 0 Å². The van der Waals surface area contributed by atoms with E-state index in [-0.39, 0.29) is 5.54 Å². The van der Waals surface area contributed by atoms with E-state index in [9.17, 15) is 0 Å². The molecule has 1 fully saturated rings. The van der Waals surface area contributed by atoms with Gasteiger partial charge in [0.05, 0.1) is 6.07 Å². The van der Waals surface area contributed by atoms with E-state index < -0.39 is 0 Å². The minimum absolute atomic E-state index is 0.262. The predicted molar refractivity (Wildman–Crippen MR) is 58.9 cm³/mol. The zero-order valence-electron chi connectivity index (χ0n) is 9.71. The monoisotopic (exact) mass is 194 g/mol. The van der Waals surface area contributed by atoms with Crippen LogP contribution in [0.4, 0.5) is 0 Å². The molecule has 1 rings (SSSR count). The largest absolute Gasteiger partial charge is 0.298 e. The van der Waals surface area contributed by atoms with E-state index in [0.29, 0.717) is 5.92 Å². The predicted octanol–water partition coefficient (Wildman–Crippen LogP) is 2.80. The molecule has 0 aromatic heterocycles. The summed E-state index contributed by atoms with van der Waals surface area (Å²) in [7, 11) is 0. The third-order valence-corrected chi connectivity index (χ3v) is 3.10. The van der Waals surface area contributed by atoms with Gasteiger partial charge in [0.2, 0.25) is 0 Å². The second kappa shape index (κ2) is 4.79. The van der Waals surface area contributed by atoms with Gasteiger partial charge < -0.3 is 0 Å². The highest BCUT2D eigenvalue weighted by atomic mass is 15.2. The van der Waals surface area contributed by atoms with Crippen molar-refractivity contribution in [3.05, 3.63) is 0 Å². The zero-order valence-corrected chi connectivity index (χ0v) is 9.71. The van der Waals surface area contributed by atoms with Gasteiger partial charge in [0, 0.05) is 18.5 Å². The van der Waals surface area contributed by atoms with Crippen molar-refractivity contribution in [2.75, 3.05) is 13.1 Å². The molecule has 1 saturated heterocycles. The van der Waals surface area contributed by atoms with Crippen LogP contribution in [0.5, 0.6) is 0 Å². The highest BCUT2D eigenvalue weighted by molar-refractivity contribution is 4.85. The second-order valence-corrected chi connectivity index (χ2v) is 5.34. The average Bonchev–Trinajstić information content (AvgIpc) is 2.29. The van der Waals surface area contributed by atoms with Crippen LogP contribution in [0, 0.1) is 17.2 Å². The summed E-state index contributed by atoms with van der Waals surface area (Å²) in [4.78, 5) is 2.53. The highest BCUT2D eigenvalue weighted by Gasteiger charge is 2.25. The first kappa shape index (κ1) is 11.5. The maximum atomic E-state index is 8.73. The van der Waals surface area contributed by atoms with Crippen LogP contribution in [0.2, 0.25) is 0 Å². The molecule has 2 nitrogen and oxygen atoms in total. The summed E-state index contributed by atoms with van der Waals surface area (Å²) < 4.78 is 0. The number of rotatable bonds is 1. The number of likely N-dealkylation sites (tertiary alicyclic amines) is 1. The van der Waals surface area contributed by atoms with E-state index in [2.05, 4.69) is 31.7 Å². The van der Waals surface area contributed by atoms with Gasteiger partial charge in [-0.1, -0.05) is 6.42 Å². The lowest BCUT2D eigenvalue weighted by atomic mass is 9.98. The van der Waals surface area contributed by atoms with Gasteiger partial charge in [-0.3, -0.25) is 4.90 Å². The molecular formula is C12H22N2. The van der Waals surface area contributed by atoms with Gasteiger partial charge >= 0.3 is 0 Å². The fourth-order valence-corrected chi connectivity index (χ4v) is 2.13.